The minimum atomic E-state index is -2.55. The molecule has 70 valence electrons. The molecule has 0 aromatic carbocycles. The molecule has 1 saturated heterocycles. The van der Waals surface area contributed by atoms with Crippen molar-refractivity contribution in [3.05, 3.63) is 12.5 Å². The second-order valence-electron chi connectivity index (χ2n) is 3.27. The lowest BCUT2D eigenvalue weighted by molar-refractivity contribution is -0.138. The first-order chi connectivity index (χ1) is 5.41. The maximum atomic E-state index is 12.3. The Labute approximate surface area is 70.8 Å². The second-order valence-corrected chi connectivity index (χ2v) is 3.27. The van der Waals surface area contributed by atoms with E-state index in [1.165, 1.54) is 4.90 Å². The van der Waals surface area contributed by atoms with Gasteiger partial charge >= 0.3 is 0 Å². The van der Waals surface area contributed by atoms with E-state index in [2.05, 4.69) is 6.58 Å². The summed E-state index contributed by atoms with van der Waals surface area (Å²) in [5.74, 6) is -2.21. The van der Waals surface area contributed by atoms with Crippen LogP contribution in [0.15, 0.2) is 12.5 Å². The van der Waals surface area contributed by atoms with Crippen molar-refractivity contribution in [2.24, 2.45) is 0 Å². The van der Waals surface area contributed by atoms with E-state index < -0.39 is 5.92 Å². The zero-order valence-electron chi connectivity index (χ0n) is 7.31. The predicted octanol–water partition coefficient (Wildman–Crippen LogP) is 1.83. The van der Waals surface area contributed by atoms with Gasteiger partial charge in [0, 0.05) is 0 Å². The van der Waals surface area contributed by atoms with Crippen molar-refractivity contribution in [3.63, 3.8) is 0 Å². The van der Waals surface area contributed by atoms with E-state index >= 15 is 0 Å². The van der Waals surface area contributed by atoms with Gasteiger partial charge in [0.2, 0.25) is 0 Å². The molecule has 0 radical (unpaired) electrons. The van der Waals surface area contributed by atoms with Crippen molar-refractivity contribution in [1.29, 1.82) is 0 Å². The van der Waals surface area contributed by atoms with Crippen molar-refractivity contribution >= 4 is 0 Å². The second kappa shape index (κ2) is 2.92. The summed E-state index contributed by atoms with van der Waals surface area (Å²) in [5, 5.41) is 0. The maximum Gasteiger partial charge on any atom is 0.282 e. The first-order valence-electron chi connectivity index (χ1n) is 3.89. The molecule has 0 aliphatic carbocycles. The largest absolute Gasteiger partial charge is 0.477 e. The number of halogens is 2. The molecule has 0 bridgehead atoms. The molecule has 0 unspecified atom stereocenters. The van der Waals surface area contributed by atoms with Crippen LogP contribution in [-0.2, 0) is 4.74 Å². The van der Waals surface area contributed by atoms with E-state index in [9.17, 15) is 8.78 Å². The minimum absolute atomic E-state index is 0.00766. The highest BCUT2D eigenvalue weighted by Gasteiger charge is 2.45. The van der Waals surface area contributed by atoms with E-state index in [4.69, 9.17) is 4.74 Å². The number of likely N-dealkylation sites (tertiary alicyclic amines) is 1. The smallest absolute Gasteiger partial charge is 0.282 e. The van der Waals surface area contributed by atoms with E-state index in [1.54, 1.807) is 0 Å². The SMILES string of the molecule is C=C(OC(C)C)N1CC(F)(F)C1. The summed E-state index contributed by atoms with van der Waals surface area (Å²) >= 11 is 0. The van der Waals surface area contributed by atoms with Gasteiger partial charge in [-0.3, -0.25) is 0 Å². The van der Waals surface area contributed by atoms with Gasteiger partial charge in [0.15, 0.2) is 5.88 Å². The van der Waals surface area contributed by atoms with Crippen molar-refractivity contribution in [2.45, 2.75) is 25.9 Å². The fourth-order valence-electron chi connectivity index (χ4n) is 1.04. The molecule has 0 spiro atoms. The molecule has 2 nitrogen and oxygen atoms in total. The Hall–Kier alpha value is -0.800. The van der Waals surface area contributed by atoms with Gasteiger partial charge in [0.05, 0.1) is 19.2 Å². The molecule has 0 amide bonds. The minimum Gasteiger partial charge on any atom is -0.477 e. The molecule has 0 N–H and O–H groups in total. The molecule has 1 heterocycles. The molecule has 0 aromatic rings. The van der Waals surface area contributed by atoms with E-state index in [1.807, 2.05) is 13.8 Å². The number of alkyl halides is 2. The molecule has 1 aliphatic rings. The molecule has 1 aliphatic heterocycles. The van der Waals surface area contributed by atoms with Gasteiger partial charge in [0.25, 0.3) is 5.92 Å². The van der Waals surface area contributed by atoms with Crippen LogP contribution in [-0.4, -0.2) is 30.0 Å². The van der Waals surface area contributed by atoms with Crippen molar-refractivity contribution in [1.82, 2.24) is 4.90 Å². The number of hydrogen-bond acceptors (Lipinski definition) is 2. The van der Waals surface area contributed by atoms with Gasteiger partial charge in [-0.1, -0.05) is 0 Å². The molecule has 12 heavy (non-hydrogen) atoms. The van der Waals surface area contributed by atoms with E-state index in [0.29, 0.717) is 5.88 Å². The zero-order valence-corrected chi connectivity index (χ0v) is 7.31. The molecule has 1 rings (SSSR count). The average Bonchev–Trinajstić information content (AvgIpc) is 1.80. The van der Waals surface area contributed by atoms with Crippen molar-refractivity contribution < 1.29 is 13.5 Å². The lowest BCUT2D eigenvalue weighted by atomic mass is 10.2. The summed E-state index contributed by atoms with van der Waals surface area (Å²) in [6.45, 7) is 6.69. The Kier molecular flexibility index (Phi) is 2.26. The molecule has 0 aromatic heterocycles. The third kappa shape index (κ3) is 2.09. The lowest BCUT2D eigenvalue weighted by Gasteiger charge is -2.41. The van der Waals surface area contributed by atoms with Gasteiger partial charge in [-0.25, -0.2) is 8.78 Å². The first kappa shape index (κ1) is 9.29. The maximum absolute atomic E-state index is 12.3. The highest BCUT2D eigenvalue weighted by Crippen LogP contribution is 2.29. The summed E-state index contributed by atoms with van der Waals surface area (Å²) in [6.07, 6.45) is -0.00766. The number of hydrogen-bond donors (Lipinski definition) is 0. The quantitative estimate of drug-likeness (QED) is 0.610. The Balaban J connectivity index is 2.29. The summed E-state index contributed by atoms with van der Waals surface area (Å²) in [5.41, 5.74) is 0. The predicted molar refractivity (Wildman–Crippen MR) is 41.9 cm³/mol. The highest BCUT2D eigenvalue weighted by atomic mass is 19.3. The standard InChI is InChI=1S/C8H13F2NO/c1-6(2)12-7(3)11-4-8(9,10)5-11/h6H,3-5H2,1-2H3. The summed E-state index contributed by atoms with van der Waals surface area (Å²) in [4.78, 5) is 1.43. The topological polar surface area (TPSA) is 12.5 Å². The molecular weight excluding hydrogens is 164 g/mol. The lowest BCUT2D eigenvalue weighted by Crippen LogP contribution is -2.55. The Morgan fingerprint density at radius 1 is 1.50 bits per heavy atom. The van der Waals surface area contributed by atoms with Gasteiger partial charge in [-0.05, 0) is 20.4 Å². The van der Waals surface area contributed by atoms with E-state index in [0.717, 1.165) is 0 Å². The molecular formula is C8H13F2NO. The van der Waals surface area contributed by atoms with Crippen LogP contribution in [0.1, 0.15) is 13.8 Å². The number of nitrogens with zero attached hydrogens (tertiary/aromatic N) is 1. The number of rotatable bonds is 3. The third-order valence-electron chi connectivity index (χ3n) is 1.57. The van der Waals surface area contributed by atoms with Gasteiger partial charge in [0.1, 0.15) is 0 Å². The van der Waals surface area contributed by atoms with Gasteiger partial charge in [-0.15, -0.1) is 0 Å². The highest BCUT2D eigenvalue weighted by molar-refractivity contribution is 4.98. The molecule has 4 heteroatoms. The van der Waals surface area contributed by atoms with Crippen LogP contribution >= 0.6 is 0 Å². The Morgan fingerprint density at radius 3 is 2.33 bits per heavy atom. The van der Waals surface area contributed by atoms with Crippen LogP contribution in [0.2, 0.25) is 0 Å². The monoisotopic (exact) mass is 177 g/mol. The molecule has 0 atom stereocenters. The van der Waals surface area contributed by atoms with Crippen LogP contribution < -0.4 is 0 Å². The zero-order chi connectivity index (χ0) is 9.35. The molecule has 1 fully saturated rings. The van der Waals surface area contributed by atoms with Crippen LogP contribution in [0.3, 0.4) is 0 Å². The molecule has 0 saturated carbocycles. The fraction of sp³-hybridized carbons (Fsp3) is 0.750. The van der Waals surface area contributed by atoms with Gasteiger partial charge in [-0.2, -0.15) is 0 Å². The Bertz CT molecular complexity index is 183. The summed E-state index contributed by atoms with van der Waals surface area (Å²) < 4.78 is 29.8. The van der Waals surface area contributed by atoms with Crippen LogP contribution in [0.5, 0.6) is 0 Å². The fourth-order valence-corrected chi connectivity index (χ4v) is 1.04. The van der Waals surface area contributed by atoms with Crippen LogP contribution in [0.4, 0.5) is 8.78 Å². The van der Waals surface area contributed by atoms with Crippen molar-refractivity contribution in [2.75, 3.05) is 13.1 Å². The van der Waals surface area contributed by atoms with Gasteiger partial charge < -0.3 is 9.64 Å². The Morgan fingerprint density at radius 2 is 2.00 bits per heavy atom. The summed E-state index contributed by atoms with van der Waals surface area (Å²) in [7, 11) is 0. The van der Waals surface area contributed by atoms with E-state index in [-0.39, 0.29) is 19.2 Å². The normalized spacial score (nSPS) is 20.6. The average molecular weight is 177 g/mol. The van der Waals surface area contributed by atoms with Crippen molar-refractivity contribution in [3.8, 4) is 0 Å². The first-order valence-corrected chi connectivity index (χ1v) is 3.89. The van der Waals surface area contributed by atoms with Crippen LogP contribution in [0.25, 0.3) is 0 Å². The van der Waals surface area contributed by atoms with Crippen LogP contribution in [0, 0.1) is 0 Å². The third-order valence-corrected chi connectivity index (χ3v) is 1.57. The number of ether oxygens (including phenoxy) is 1. The summed E-state index contributed by atoms with van der Waals surface area (Å²) in [6, 6.07) is 0.